The maximum absolute atomic E-state index is 5.64. The first-order chi connectivity index (χ1) is 7.79. The number of thiazole rings is 1. The first-order valence-corrected chi connectivity index (χ1v) is 6.99. The molecule has 2 rings (SSSR count). The van der Waals surface area contributed by atoms with E-state index in [4.69, 9.17) is 5.73 Å². The molecular formula is C12H22ClN3S. The smallest absolute Gasteiger partial charge is 0.0798 e. The van der Waals surface area contributed by atoms with Crippen molar-refractivity contribution in [1.29, 1.82) is 0 Å². The van der Waals surface area contributed by atoms with Crippen LogP contribution in [-0.4, -0.2) is 29.5 Å². The van der Waals surface area contributed by atoms with E-state index < -0.39 is 0 Å². The van der Waals surface area contributed by atoms with Gasteiger partial charge in [-0.05, 0) is 45.2 Å². The fraction of sp³-hybridized carbons (Fsp3) is 0.750. The molecule has 98 valence electrons. The highest BCUT2D eigenvalue weighted by molar-refractivity contribution is 7.09. The summed E-state index contributed by atoms with van der Waals surface area (Å²) in [5.74, 6) is 0.812. The fourth-order valence-corrected chi connectivity index (χ4v) is 3.27. The minimum Gasteiger partial charge on any atom is -0.330 e. The highest BCUT2D eigenvalue weighted by atomic mass is 35.5. The average Bonchev–Trinajstić information content (AvgIpc) is 2.66. The SMILES string of the molecule is Cc1ncsc1CN1CCCC(CCN)C1.Cl. The average molecular weight is 276 g/mol. The number of hydrogen-bond acceptors (Lipinski definition) is 4. The second kappa shape index (κ2) is 7.31. The molecule has 0 amide bonds. The van der Waals surface area contributed by atoms with E-state index in [1.165, 1.54) is 42.9 Å². The number of likely N-dealkylation sites (tertiary alicyclic amines) is 1. The molecule has 0 saturated carbocycles. The summed E-state index contributed by atoms with van der Waals surface area (Å²) in [6, 6.07) is 0. The minimum atomic E-state index is 0. The van der Waals surface area contributed by atoms with E-state index >= 15 is 0 Å². The molecule has 1 fully saturated rings. The van der Waals surface area contributed by atoms with Gasteiger partial charge in [0.2, 0.25) is 0 Å². The molecule has 1 unspecified atom stereocenters. The lowest BCUT2D eigenvalue weighted by Crippen LogP contribution is -2.35. The Bertz CT molecular complexity index is 327. The molecule has 1 saturated heterocycles. The predicted octanol–water partition coefficient (Wildman–Crippen LogP) is 2.43. The number of halogens is 1. The number of rotatable bonds is 4. The quantitative estimate of drug-likeness (QED) is 0.918. The molecule has 0 spiro atoms. The van der Waals surface area contributed by atoms with Crippen LogP contribution in [0.15, 0.2) is 5.51 Å². The molecule has 0 radical (unpaired) electrons. The van der Waals surface area contributed by atoms with Crippen LogP contribution >= 0.6 is 23.7 Å². The number of hydrogen-bond donors (Lipinski definition) is 1. The van der Waals surface area contributed by atoms with Crippen LogP contribution in [0.1, 0.15) is 29.8 Å². The predicted molar refractivity (Wildman–Crippen MR) is 75.8 cm³/mol. The molecule has 0 aliphatic carbocycles. The maximum Gasteiger partial charge on any atom is 0.0798 e. The molecule has 2 N–H and O–H groups in total. The second-order valence-corrected chi connectivity index (χ2v) is 5.62. The molecule has 2 heterocycles. The van der Waals surface area contributed by atoms with Crippen molar-refractivity contribution in [3.8, 4) is 0 Å². The number of piperidine rings is 1. The van der Waals surface area contributed by atoms with Gasteiger partial charge in [-0.15, -0.1) is 23.7 Å². The molecule has 1 aromatic rings. The summed E-state index contributed by atoms with van der Waals surface area (Å²) in [4.78, 5) is 8.29. The Kier molecular flexibility index (Phi) is 6.41. The van der Waals surface area contributed by atoms with Crippen LogP contribution in [0.3, 0.4) is 0 Å². The number of nitrogens with zero attached hydrogens (tertiary/aromatic N) is 2. The van der Waals surface area contributed by atoms with Crippen molar-refractivity contribution in [3.05, 3.63) is 16.1 Å². The maximum atomic E-state index is 5.64. The zero-order valence-corrected chi connectivity index (χ0v) is 12.0. The number of aromatic nitrogens is 1. The van der Waals surface area contributed by atoms with E-state index in [1.807, 2.05) is 5.51 Å². The van der Waals surface area contributed by atoms with Crippen molar-refractivity contribution in [2.24, 2.45) is 11.7 Å². The van der Waals surface area contributed by atoms with Crippen LogP contribution in [0.2, 0.25) is 0 Å². The Morgan fingerprint density at radius 3 is 3.06 bits per heavy atom. The summed E-state index contributed by atoms with van der Waals surface area (Å²) >= 11 is 1.78. The van der Waals surface area contributed by atoms with Crippen LogP contribution in [0.5, 0.6) is 0 Å². The van der Waals surface area contributed by atoms with E-state index in [0.29, 0.717) is 0 Å². The van der Waals surface area contributed by atoms with Gasteiger partial charge in [-0.1, -0.05) is 0 Å². The highest BCUT2D eigenvalue weighted by Gasteiger charge is 2.20. The Morgan fingerprint density at radius 1 is 1.59 bits per heavy atom. The van der Waals surface area contributed by atoms with Crippen molar-refractivity contribution in [1.82, 2.24) is 9.88 Å². The molecule has 17 heavy (non-hydrogen) atoms. The molecule has 1 aromatic heterocycles. The van der Waals surface area contributed by atoms with Crippen LogP contribution in [-0.2, 0) is 6.54 Å². The standard InChI is InChI=1S/C12H21N3S.ClH/c1-10-12(16-9-14-10)8-15-6-2-3-11(7-15)4-5-13;/h9,11H,2-8,13H2,1H3;1H. The summed E-state index contributed by atoms with van der Waals surface area (Å²) in [6.45, 7) is 6.47. The van der Waals surface area contributed by atoms with Crippen molar-refractivity contribution in [3.63, 3.8) is 0 Å². The monoisotopic (exact) mass is 275 g/mol. The molecule has 3 nitrogen and oxygen atoms in total. The zero-order chi connectivity index (χ0) is 11.4. The lowest BCUT2D eigenvalue weighted by atomic mass is 9.95. The first kappa shape index (κ1) is 14.9. The number of nitrogens with two attached hydrogens (primary N) is 1. The second-order valence-electron chi connectivity index (χ2n) is 4.68. The Morgan fingerprint density at radius 2 is 2.41 bits per heavy atom. The van der Waals surface area contributed by atoms with Gasteiger partial charge in [0.15, 0.2) is 0 Å². The van der Waals surface area contributed by atoms with Gasteiger partial charge in [0.25, 0.3) is 0 Å². The lowest BCUT2D eigenvalue weighted by Gasteiger charge is -2.32. The molecular weight excluding hydrogens is 254 g/mol. The van der Waals surface area contributed by atoms with Gasteiger partial charge in [0.1, 0.15) is 0 Å². The van der Waals surface area contributed by atoms with E-state index in [0.717, 1.165) is 19.0 Å². The van der Waals surface area contributed by atoms with Gasteiger partial charge in [-0.2, -0.15) is 0 Å². The third-order valence-electron chi connectivity index (χ3n) is 3.39. The minimum absolute atomic E-state index is 0. The van der Waals surface area contributed by atoms with Gasteiger partial charge >= 0.3 is 0 Å². The van der Waals surface area contributed by atoms with Crippen molar-refractivity contribution in [2.45, 2.75) is 32.7 Å². The van der Waals surface area contributed by atoms with E-state index in [-0.39, 0.29) is 12.4 Å². The van der Waals surface area contributed by atoms with E-state index in [2.05, 4.69) is 16.8 Å². The molecule has 1 atom stereocenters. The van der Waals surface area contributed by atoms with Crippen LogP contribution in [0.25, 0.3) is 0 Å². The Hall–Kier alpha value is -0.160. The van der Waals surface area contributed by atoms with Crippen molar-refractivity contribution in [2.75, 3.05) is 19.6 Å². The Balaban J connectivity index is 0.00000144. The lowest BCUT2D eigenvalue weighted by molar-refractivity contribution is 0.164. The van der Waals surface area contributed by atoms with Crippen molar-refractivity contribution >= 4 is 23.7 Å². The molecule has 1 aliphatic rings. The molecule has 5 heteroatoms. The van der Waals surface area contributed by atoms with Gasteiger partial charge < -0.3 is 5.73 Å². The number of aryl methyl sites for hydroxylation is 1. The third kappa shape index (κ3) is 4.21. The molecule has 0 bridgehead atoms. The van der Waals surface area contributed by atoms with Gasteiger partial charge in [0, 0.05) is 18.0 Å². The fourth-order valence-electron chi connectivity index (χ4n) is 2.45. The topological polar surface area (TPSA) is 42.2 Å². The summed E-state index contributed by atoms with van der Waals surface area (Å²) in [7, 11) is 0. The van der Waals surface area contributed by atoms with Crippen LogP contribution in [0.4, 0.5) is 0 Å². The third-order valence-corrected chi connectivity index (χ3v) is 4.31. The van der Waals surface area contributed by atoms with Gasteiger partial charge in [0.05, 0.1) is 11.2 Å². The summed E-state index contributed by atoms with van der Waals surface area (Å²) in [6.07, 6.45) is 3.86. The van der Waals surface area contributed by atoms with E-state index in [1.54, 1.807) is 11.3 Å². The largest absolute Gasteiger partial charge is 0.330 e. The van der Waals surface area contributed by atoms with Crippen LogP contribution < -0.4 is 5.73 Å². The van der Waals surface area contributed by atoms with Gasteiger partial charge in [-0.3, -0.25) is 4.90 Å². The summed E-state index contributed by atoms with van der Waals surface area (Å²) in [5.41, 5.74) is 8.79. The highest BCUT2D eigenvalue weighted by Crippen LogP contribution is 2.22. The normalized spacial score (nSPS) is 21.2. The van der Waals surface area contributed by atoms with E-state index in [9.17, 15) is 0 Å². The van der Waals surface area contributed by atoms with Crippen LogP contribution in [0, 0.1) is 12.8 Å². The molecule has 1 aliphatic heterocycles. The summed E-state index contributed by atoms with van der Waals surface area (Å²) < 4.78 is 0. The van der Waals surface area contributed by atoms with Gasteiger partial charge in [-0.25, -0.2) is 4.98 Å². The Labute approximate surface area is 114 Å². The summed E-state index contributed by atoms with van der Waals surface area (Å²) in [5, 5.41) is 0. The van der Waals surface area contributed by atoms with Crippen molar-refractivity contribution < 1.29 is 0 Å². The first-order valence-electron chi connectivity index (χ1n) is 6.11. The molecule has 0 aromatic carbocycles. The zero-order valence-electron chi connectivity index (χ0n) is 10.4.